The fraction of sp³-hybridized carbons (Fsp3) is 0.333. The van der Waals surface area contributed by atoms with E-state index in [1.54, 1.807) is 29.5 Å². The summed E-state index contributed by atoms with van der Waals surface area (Å²) in [7, 11) is 0. The first-order valence-corrected chi connectivity index (χ1v) is 7.59. The van der Waals surface area contributed by atoms with Crippen molar-refractivity contribution in [3.63, 3.8) is 0 Å². The molecule has 20 heavy (non-hydrogen) atoms. The number of amides is 1. The average Bonchev–Trinajstić information content (AvgIpc) is 2.80. The lowest BCUT2D eigenvalue weighted by molar-refractivity contribution is -0.115. The molecule has 2 N–H and O–H groups in total. The van der Waals surface area contributed by atoms with Crippen LogP contribution in [0.5, 0.6) is 5.75 Å². The van der Waals surface area contributed by atoms with Gasteiger partial charge in [0.1, 0.15) is 5.75 Å². The third kappa shape index (κ3) is 2.99. The average molecular weight is 288 g/mol. The summed E-state index contributed by atoms with van der Waals surface area (Å²) in [4.78, 5) is 17.8. The Morgan fingerprint density at radius 3 is 3.00 bits per heavy atom. The summed E-state index contributed by atoms with van der Waals surface area (Å²) >= 11 is 1.58. The predicted octanol–water partition coefficient (Wildman–Crippen LogP) is 2.91. The number of rotatable bonds is 3. The van der Waals surface area contributed by atoms with E-state index in [1.807, 2.05) is 6.07 Å². The number of fused-ring (bicyclic) bond motifs is 1. The fourth-order valence-corrected chi connectivity index (χ4v) is 3.49. The lowest BCUT2D eigenvalue weighted by Gasteiger charge is -2.06. The minimum Gasteiger partial charge on any atom is -0.508 e. The molecular weight excluding hydrogens is 272 g/mol. The number of phenols is 1. The van der Waals surface area contributed by atoms with Crippen LogP contribution in [0.25, 0.3) is 0 Å². The van der Waals surface area contributed by atoms with Gasteiger partial charge in [-0.25, -0.2) is 4.98 Å². The zero-order chi connectivity index (χ0) is 13.9. The molecule has 0 aliphatic heterocycles. The van der Waals surface area contributed by atoms with E-state index in [0.717, 1.165) is 24.1 Å². The van der Waals surface area contributed by atoms with Gasteiger partial charge >= 0.3 is 0 Å². The smallest absolute Gasteiger partial charge is 0.230 e. The summed E-state index contributed by atoms with van der Waals surface area (Å²) in [6, 6.07) is 6.76. The van der Waals surface area contributed by atoms with Gasteiger partial charge in [-0.2, -0.15) is 0 Å². The van der Waals surface area contributed by atoms with Crippen LogP contribution in [0.2, 0.25) is 0 Å². The summed E-state index contributed by atoms with van der Waals surface area (Å²) < 4.78 is 0. The molecule has 1 aromatic heterocycles. The fourth-order valence-electron chi connectivity index (χ4n) is 2.42. The van der Waals surface area contributed by atoms with Crippen LogP contribution in [0.4, 0.5) is 5.13 Å². The maximum Gasteiger partial charge on any atom is 0.230 e. The first-order chi connectivity index (χ1) is 9.70. The molecule has 0 spiro atoms. The molecule has 3 rings (SSSR count). The number of hydrogen-bond acceptors (Lipinski definition) is 4. The highest BCUT2D eigenvalue weighted by Gasteiger charge is 2.16. The van der Waals surface area contributed by atoms with E-state index in [-0.39, 0.29) is 18.1 Å². The van der Waals surface area contributed by atoms with Crippen LogP contribution in [0.1, 0.15) is 29.0 Å². The Bertz CT molecular complexity index is 613. The Morgan fingerprint density at radius 2 is 2.20 bits per heavy atom. The van der Waals surface area contributed by atoms with Crippen molar-refractivity contribution in [1.29, 1.82) is 0 Å². The van der Waals surface area contributed by atoms with Gasteiger partial charge in [0.15, 0.2) is 5.13 Å². The SMILES string of the molecule is O=C(Cc1cccc(O)c1)Nc1nc2c(s1)CCCC2. The predicted molar refractivity (Wildman–Crippen MR) is 79.2 cm³/mol. The second-order valence-electron chi connectivity index (χ2n) is 4.99. The molecule has 1 aliphatic carbocycles. The molecule has 5 heteroatoms. The summed E-state index contributed by atoms with van der Waals surface area (Å²) in [6.07, 6.45) is 4.75. The van der Waals surface area contributed by atoms with Crippen molar-refractivity contribution >= 4 is 22.4 Å². The molecule has 2 aromatic rings. The van der Waals surface area contributed by atoms with Gasteiger partial charge in [0, 0.05) is 4.88 Å². The minimum atomic E-state index is -0.0957. The maximum atomic E-state index is 12.0. The number of thiazole rings is 1. The molecule has 0 unspecified atom stereocenters. The Hall–Kier alpha value is -1.88. The van der Waals surface area contributed by atoms with E-state index in [1.165, 1.54) is 17.7 Å². The van der Waals surface area contributed by atoms with Gasteiger partial charge in [-0.1, -0.05) is 12.1 Å². The monoisotopic (exact) mass is 288 g/mol. The number of hydrogen-bond donors (Lipinski definition) is 2. The van der Waals surface area contributed by atoms with Crippen molar-refractivity contribution in [2.75, 3.05) is 5.32 Å². The van der Waals surface area contributed by atoms with Crippen molar-refractivity contribution in [2.45, 2.75) is 32.1 Å². The lowest BCUT2D eigenvalue weighted by atomic mass is 10.0. The van der Waals surface area contributed by atoms with Gasteiger partial charge in [0.05, 0.1) is 12.1 Å². The molecule has 1 amide bonds. The van der Waals surface area contributed by atoms with Crippen LogP contribution in [-0.4, -0.2) is 16.0 Å². The van der Waals surface area contributed by atoms with Crippen LogP contribution in [0.3, 0.4) is 0 Å². The molecule has 1 aromatic carbocycles. The van der Waals surface area contributed by atoms with Crippen LogP contribution in [0, 0.1) is 0 Å². The van der Waals surface area contributed by atoms with Crippen LogP contribution in [-0.2, 0) is 24.1 Å². The molecule has 4 nitrogen and oxygen atoms in total. The second kappa shape index (κ2) is 5.63. The van der Waals surface area contributed by atoms with Crippen LogP contribution in [0.15, 0.2) is 24.3 Å². The minimum absolute atomic E-state index is 0.0957. The lowest BCUT2D eigenvalue weighted by Crippen LogP contribution is -2.14. The van der Waals surface area contributed by atoms with Gasteiger partial charge in [0.25, 0.3) is 0 Å². The number of anilines is 1. The standard InChI is InChI=1S/C15H16N2O2S/c18-11-5-3-4-10(8-11)9-14(19)17-15-16-12-6-1-2-7-13(12)20-15/h3-5,8,18H,1-2,6-7,9H2,(H,16,17,19). The third-order valence-corrected chi connectivity index (χ3v) is 4.44. The van der Waals surface area contributed by atoms with Crippen molar-refractivity contribution in [2.24, 2.45) is 0 Å². The summed E-state index contributed by atoms with van der Waals surface area (Å²) in [5, 5.41) is 12.9. The number of carbonyl (C=O) groups is 1. The second-order valence-corrected chi connectivity index (χ2v) is 6.07. The highest BCUT2D eigenvalue weighted by atomic mass is 32.1. The number of aromatic nitrogens is 1. The largest absolute Gasteiger partial charge is 0.508 e. The zero-order valence-electron chi connectivity index (χ0n) is 11.1. The van der Waals surface area contributed by atoms with E-state index >= 15 is 0 Å². The zero-order valence-corrected chi connectivity index (χ0v) is 11.9. The van der Waals surface area contributed by atoms with E-state index in [4.69, 9.17) is 0 Å². The molecular formula is C15H16N2O2S. The van der Waals surface area contributed by atoms with Crippen molar-refractivity contribution < 1.29 is 9.90 Å². The molecule has 104 valence electrons. The molecule has 0 radical (unpaired) electrons. The molecule has 0 saturated carbocycles. The van der Waals surface area contributed by atoms with Crippen LogP contribution < -0.4 is 5.32 Å². The number of aromatic hydroxyl groups is 1. The Kier molecular flexibility index (Phi) is 3.69. The topological polar surface area (TPSA) is 62.2 Å². The highest BCUT2D eigenvalue weighted by Crippen LogP contribution is 2.29. The van der Waals surface area contributed by atoms with Crippen molar-refractivity contribution in [3.05, 3.63) is 40.4 Å². The molecule has 0 saturated heterocycles. The van der Waals surface area contributed by atoms with E-state index in [0.29, 0.717) is 5.13 Å². The number of nitrogens with one attached hydrogen (secondary N) is 1. The van der Waals surface area contributed by atoms with Crippen molar-refractivity contribution in [1.82, 2.24) is 4.98 Å². The normalized spacial score (nSPS) is 13.8. The van der Waals surface area contributed by atoms with Gasteiger partial charge in [-0.3, -0.25) is 4.79 Å². The first-order valence-electron chi connectivity index (χ1n) is 6.77. The highest BCUT2D eigenvalue weighted by molar-refractivity contribution is 7.15. The Morgan fingerprint density at radius 1 is 1.35 bits per heavy atom. The van der Waals surface area contributed by atoms with Gasteiger partial charge in [-0.15, -0.1) is 11.3 Å². The molecule has 1 aliphatic rings. The summed E-state index contributed by atoms with van der Waals surface area (Å²) in [5.41, 5.74) is 1.94. The maximum absolute atomic E-state index is 12.0. The van der Waals surface area contributed by atoms with Gasteiger partial charge < -0.3 is 10.4 Å². The summed E-state index contributed by atoms with van der Waals surface area (Å²) in [6.45, 7) is 0. The first kappa shape index (κ1) is 13.1. The van der Waals surface area contributed by atoms with E-state index < -0.39 is 0 Å². The number of nitrogens with zero attached hydrogens (tertiary/aromatic N) is 1. The molecule has 0 fully saturated rings. The Balaban J connectivity index is 1.65. The molecule has 0 bridgehead atoms. The van der Waals surface area contributed by atoms with Gasteiger partial charge in [0.2, 0.25) is 5.91 Å². The Labute approximate surface area is 121 Å². The third-order valence-electron chi connectivity index (χ3n) is 3.37. The number of aryl methyl sites for hydroxylation is 2. The number of carbonyl (C=O) groups excluding carboxylic acids is 1. The quantitative estimate of drug-likeness (QED) is 0.913. The number of phenolic OH excluding ortho intramolecular Hbond substituents is 1. The van der Waals surface area contributed by atoms with Gasteiger partial charge in [-0.05, 0) is 43.4 Å². The molecule has 0 atom stereocenters. The number of benzene rings is 1. The van der Waals surface area contributed by atoms with Crippen molar-refractivity contribution in [3.8, 4) is 5.75 Å². The molecule has 1 heterocycles. The summed E-state index contributed by atoms with van der Waals surface area (Å²) in [5.74, 6) is 0.0849. The van der Waals surface area contributed by atoms with Crippen LogP contribution >= 0.6 is 11.3 Å². The van der Waals surface area contributed by atoms with E-state index in [2.05, 4.69) is 10.3 Å². The van der Waals surface area contributed by atoms with E-state index in [9.17, 15) is 9.90 Å².